The molecule has 2 aromatic carbocycles. The van der Waals surface area contributed by atoms with E-state index in [1.54, 1.807) is 30.0 Å². The summed E-state index contributed by atoms with van der Waals surface area (Å²) in [5, 5.41) is 5.13. The molecule has 0 spiro atoms. The lowest BCUT2D eigenvalue weighted by Crippen LogP contribution is -2.09. The van der Waals surface area contributed by atoms with E-state index in [9.17, 15) is 9.18 Å². The van der Waals surface area contributed by atoms with Gasteiger partial charge in [0.1, 0.15) is 12.4 Å². The molecule has 3 rings (SSSR count). The monoisotopic (exact) mass is 430 g/mol. The summed E-state index contributed by atoms with van der Waals surface area (Å²) in [5.74, 6) is -0.297. The topological polar surface area (TPSA) is 53.4 Å². The van der Waals surface area contributed by atoms with Gasteiger partial charge in [0.15, 0.2) is 11.6 Å². The predicted octanol–water partition coefficient (Wildman–Crippen LogP) is 4.74. The van der Waals surface area contributed by atoms with Crippen molar-refractivity contribution in [1.29, 1.82) is 0 Å². The van der Waals surface area contributed by atoms with E-state index in [2.05, 4.69) is 5.10 Å². The molecule has 3 aromatic rings. The smallest absolute Gasteiger partial charge is 0.165 e. The number of hydrogen-bond acceptors (Lipinski definition) is 4. The fraction of sp³-hybridized carbons (Fsp3) is 0.304. The summed E-state index contributed by atoms with van der Waals surface area (Å²) in [4.78, 5) is 12.5. The van der Waals surface area contributed by atoms with Crippen molar-refractivity contribution >= 4 is 17.4 Å². The van der Waals surface area contributed by atoms with Crippen LogP contribution in [-0.2, 0) is 22.4 Å². The Bertz CT molecular complexity index is 1020. The van der Waals surface area contributed by atoms with Crippen LogP contribution in [0.1, 0.15) is 23.4 Å². The van der Waals surface area contributed by atoms with Gasteiger partial charge in [-0.3, -0.25) is 4.79 Å². The summed E-state index contributed by atoms with van der Waals surface area (Å²) in [6.07, 6.45) is 1.03. The van der Waals surface area contributed by atoms with Crippen molar-refractivity contribution in [2.24, 2.45) is 0 Å². The highest BCUT2D eigenvalue weighted by Gasteiger charge is 2.12. The average Bonchev–Trinajstić information content (AvgIpc) is 3.09. The Morgan fingerprint density at radius 3 is 2.73 bits per heavy atom. The molecule has 158 valence electrons. The Hall–Kier alpha value is -2.70. The summed E-state index contributed by atoms with van der Waals surface area (Å²) < 4.78 is 26.1. The minimum absolute atomic E-state index is 0.0268. The van der Waals surface area contributed by atoms with Crippen LogP contribution in [0.15, 0.2) is 48.5 Å². The molecular formula is C23H24ClFN2O3. The second-order valence-corrected chi connectivity index (χ2v) is 7.43. The first-order valence-corrected chi connectivity index (χ1v) is 10.1. The summed E-state index contributed by atoms with van der Waals surface area (Å²) in [5.41, 5.74) is 3.26. The molecule has 5 nitrogen and oxygen atoms in total. The third kappa shape index (κ3) is 5.90. The van der Waals surface area contributed by atoms with Crippen molar-refractivity contribution in [3.63, 3.8) is 0 Å². The van der Waals surface area contributed by atoms with Gasteiger partial charge in [0.25, 0.3) is 0 Å². The molecule has 0 aliphatic heterocycles. The van der Waals surface area contributed by atoms with E-state index in [0.717, 1.165) is 17.1 Å². The van der Waals surface area contributed by atoms with Gasteiger partial charge in [0, 0.05) is 30.7 Å². The average molecular weight is 431 g/mol. The number of rotatable bonds is 10. The number of aromatic nitrogens is 2. The van der Waals surface area contributed by atoms with Crippen LogP contribution in [0.3, 0.4) is 0 Å². The molecule has 0 radical (unpaired) electrons. The lowest BCUT2D eigenvalue weighted by Gasteiger charge is -2.09. The summed E-state index contributed by atoms with van der Waals surface area (Å²) >= 11 is 6.09. The summed E-state index contributed by atoms with van der Waals surface area (Å²) in [6.45, 7) is 2.56. The van der Waals surface area contributed by atoms with Crippen LogP contribution in [0.25, 0.3) is 5.69 Å². The van der Waals surface area contributed by atoms with Crippen LogP contribution < -0.4 is 4.74 Å². The standard InChI is InChI=1S/C23H24ClFN2O3/c1-16-12-20(27(26-16)19-5-3-4-18(24)15-19)7-8-21(28)13-17-6-9-23(22(25)14-17)30-11-10-29-2/h3-6,9,12,14-15H,7-8,10-11,13H2,1-2H3. The van der Waals surface area contributed by atoms with Crippen molar-refractivity contribution < 1.29 is 18.7 Å². The predicted molar refractivity (Wildman–Crippen MR) is 114 cm³/mol. The summed E-state index contributed by atoms with van der Waals surface area (Å²) in [7, 11) is 1.55. The number of carbonyl (C=O) groups is 1. The number of Topliss-reactive ketones (excluding diaryl/α,β-unsaturated/α-hetero) is 1. The largest absolute Gasteiger partial charge is 0.488 e. The van der Waals surface area contributed by atoms with E-state index < -0.39 is 5.82 Å². The Balaban J connectivity index is 1.61. The lowest BCUT2D eigenvalue weighted by atomic mass is 10.0. The number of hydrogen-bond donors (Lipinski definition) is 0. The minimum Gasteiger partial charge on any atom is -0.488 e. The molecule has 0 saturated heterocycles. The molecule has 30 heavy (non-hydrogen) atoms. The molecule has 0 aliphatic carbocycles. The Morgan fingerprint density at radius 1 is 1.17 bits per heavy atom. The summed E-state index contributed by atoms with van der Waals surface area (Å²) in [6, 6.07) is 14.0. The molecule has 0 amide bonds. The molecule has 0 bridgehead atoms. The molecule has 0 saturated carbocycles. The number of methoxy groups -OCH3 is 1. The highest BCUT2D eigenvalue weighted by molar-refractivity contribution is 6.30. The molecule has 0 unspecified atom stereocenters. The molecule has 1 heterocycles. The Kier molecular flexibility index (Phi) is 7.60. The van der Waals surface area contributed by atoms with E-state index in [0.29, 0.717) is 30.0 Å². The normalized spacial score (nSPS) is 10.9. The fourth-order valence-corrected chi connectivity index (χ4v) is 3.34. The van der Waals surface area contributed by atoms with Gasteiger partial charge in [-0.2, -0.15) is 5.10 Å². The zero-order valence-corrected chi connectivity index (χ0v) is 17.8. The molecule has 0 N–H and O–H groups in total. The van der Waals surface area contributed by atoms with Crippen LogP contribution in [0.4, 0.5) is 4.39 Å². The van der Waals surface area contributed by atoms with Gasteiger partial charge in [-0.05, 0) is 55.3 Å². The SMILES string of the molecule is COCCOc1ccc(CC(=O)CCc2cc(C)nn2-c2cccc(Cl)c2)cc1F. The van der Waals surface area contributed by atoms with Crippen LogP contribution in [0.2, 0.25) is 5.02 Å². The molecule has 1 aromatic heterocycles. The first-order valence-electron chi connectivity index (χ1n) is 9.69. The molecule has 7 heteroatoms. The Morgan fingerprint density at radius 2 is 2.00 bits per heavy atom. The Labute approximate surface area is 180 Å². The van der Waals surface area contributed by atoms with E-state index in [1.165, 1.54) is 6.07 Å². The van der Waals surface area contributed by atoms with E-state index in [-0.39, 0.29) is 24.6 Å². The maximum atomic E-state index is 14.2. The minimum atomic E-state index is -0.480. The third-order valence-electron chi connectivity index (χ3n) is 4.56. The third-order valence-corrected chi connectivity index (χ3v) is 4.80. The van der Waals surface area contributed by atoms with Gasteiger partial charge in [0.05, 0.1) is 18.0 Å². The highest BCUT2D eigenvalue weighted by Crippen LogP contribution is 2.20. The van der Waals surface area contributed by atoms with Crippen LogP contribution in [0.5, 0.6) is 5.75 Å². The first-order chi connectivity index (χ1) is 14.5. The van der Waals surface area contributed by atoms with Crippen molar-refractivity contribution in [2.45, 2.75) is 26.2 Å². The quantitative estimate of drug-likeness (QED) is 0.436. The van der Waals surface area contributed by atoms with Gasteiger partial charge in [-0.25, -0.2) is 9.07 Å². The highest BCUT2D eigenvalue weighted by atomic mass is 35.5. The fourth-order valence-electron chi connectivity index (χ4n) is 3.15. The lowest BCUT2D eigenvalue weighted by molar-refractivity contribution is -0.118. The number of benzene rings is 2. The molecule has 0 aliphatic rings. The van der Waals surface area contributed by atoms with E-state index in [1.807, 2.05) is 31.2 Å². The number of carbonyl (C=O) groups excluding carboxylic acids is 1. The molecule has 0 fully saturated rings. The second kappa shape index (κ2) is 10.4. The van der Waals surface area contributed by atoms with Crippen LogP contribution in [-0.4, -0.2) is 35.9 Å². The molecule has 0 atom stereocenters. The van der Waals surface area contributed by atoms with E-state index >= 15 is 0 Å². The number of nitrogens with zero attached hydrogens (tertiary/aromatic N) is 2. The van der Waals surface area contributed by atoms with Crippen molar-refractivity contribution in [3.8, 4) is 11.4 Å². The number of ether oxygens (including phenoxy) is 2. The van der Waals surface area contributed by atoms with Gasteiger partial charge >= 0.3 is 0 Å². The number of halogens is 2. The second-order valence-electron chi connectivity index (χ2n) is 6.99. The maximum absolute atomic E-state index is 14.2. The van der Waals surface area contributed by atoms with Gasteiger partial charge in [-0.1, -0.05) is 23.7 Å². The maximum Gasteiger partial charge on any atom is 0.165 e. The van der Waals surface area contributed by atoms with Gasteiger partial charge in [-0.15, -0.1) is 0 Å². The van der Waals surface area contributed by atoms with Crippen molar-refractivity contribution in [3.05, 3.63) is 76.3 Å². The van der Waals surface area contributed by atoms with Crippen molar-refractivity contribution in [2.75, 3.05) is 20.3 Å². The zero-order chi connectivity index (χ0) is 21.5. The van der Waals surface area contributed by atoms with Crippen LogP contribution in [0, 0.1) is 12.7 Å². The van der Waals surface area contributed by atoms with Crippen LogP contribution >= 0.6 is 11.6 Å². The van der Waals surface area contributed by atoms with E-state index in [4.69, 9.17) is 21.1 Å². The number of aryl methyl sites for hydroxylation is 2. The number of ketones is 1. The van der Waals surface area contributed by atoms with Gasteiger partial charge in [0.2, 0.25) is 0 Å². The van der Waals surface area contributed by atoms with Gasteiger partial charge < -0.3 is 9.47 Å². The van der Waals surface area contributed by atoms with Crippen molar-refractivity contribution in [1.82, 2.24) is 9.78 Å². The molecular weight excluding hydrogens is 407 g/mol. The first kappa shape index (κ1) is 22.0. The zero-order valence-electron chi connectivity index (χ0n) is 17.0.